The maximum absolute atomic E-state index is 13.0. The van der Waals surface area contributed by atoms with Crippen molar-refractivity contribution in [3.05, 3.63) is 71.3 Å². The number of benzene rings is 2. The Morgan fingerprint density at radius 3 is 2.22 bits per heavy atom. The van der Waals surface area contributed by atoms with E-state index in [1.165, 1.54) is 0 Å². The second kappa shape index (κ2) is 9.91. The number of rotatable bonds is 8. The van der Waals surface area contributed by atoms with Gasteiger partial charge < -0.3 is 10.2 Å². The Morgan fingerprint density at radius 2 is 1.63 bits per heavy atom. The second-order valence-electron chi connectivity index (χ2n) is 7.17. The zero-order valence-corrected chi connectivity index (χ0v) is 16.7. The molecule has 1 N–H and O–H groups in total. The van der Waals surface area contributed by atoms with Crippen molar-refractivity contribution in [1.82, 2.24) is 10.2 Å². The van der Waals surface area contributed by atoms with E-state index in [0.29, 0.717) is 19.4 Å². The average molecular weight is 367 g/mol. The van der Waals surface area contributed by atoms with Crippen LogP contribution in [0.3, 0.4) is 0 Å². The highest BCUT2D eigenvalue weighted by molar-refractivity contribution is 5.88. The quantitative estimate of drug-likeness (QED) is 0.771. The Balaban J connectivity index is 2.37. The zero-order chi connectivity index (χ0) is 19.8. The first-order valence-electron chi connectivity index (χ1n) is 9.60. The molecule has 0 aliphatic carbocycles. The molecule has 1 atom stereocenters. The van der Waals surface area contributed by atoms with Crippen LogP contribution in [0.15, 0.2) is 54.6 Å². The molecule has 4 nitrogen and oxygen atoms in total. The Kier molecular flexibility index (Phi) is 7.59. The number of hydrogen-bond donors (Lipinski definition) is 1. The number of nitrogens with one attached hydrogen (secondary N) is 1. The number of hydrogen-bond acceptors (Lipinski definition) is 2. The monoisotopic (exact) mass is 366 g/mol. The van der Waals surface area contributed by atoms with E-state index in [9.17, 15) is 9.59 Å². The summed E-state index contributed by atoms with van der Waals surface area (Å²) in [5, 5.41) is 2.99. The molecule has 2 aromatic rings. The summed E-state index contributed by atoms with van der Waals surface area (Å²) in [6, 6.07) is 17.4. The molecule has 2 rings (SSSR count). The molecule has 0 fully saturated rings. The van der Waals surface area contributed by atoms with Gasteiger partial charge in [0.05, 0.1) is 0 Å². The largest absolute Gasteiger partial charge is 0.352 e. The summed E-state index contributed by atoms with van der Waals surface area (Å²) in [4.78, 5) is 27.5. The lowest BCUT2D eigenvalue weighted by Gasteiger charge is -2.32. The van der Waals surface area contributed by atoms with Gasteiger partial charge in [-0.25, -0.2) is 0 Å². The van der Waals surface area contributed by atoms with Crippen LogP contribution in [0.4, 0.5) is 0 Å². The highest BCUT2D eigenvalue weighted by Gasteiger charge is 2.30. The number of amides is 2. The van der Waals surface area contributed by atoms with E-state index in [1.54, 1.807) is 4.90 Å². The molecule has 0 aromatic heterocycles. The fourth-order valence-electron chi connectivity index (χ4n) is 3.11. The third-order valence-corrected chi connectivity index (χ3v) is 4.61. The third-order valence-electron chi connectivity index (χ3n) is 4.61. The highest BCUT2D eigenvalue weighted by atomic mass is 16.2. The van der Waals surface area contributed by atoms with Gasteiger partial charge in [-0.05, 0) is 37.5 Å². The number of nitrogens with zero attached hydrogens (tertiary/aromatic N) is 1. The lowest BCUT2D eigenvalue weighted by molar-refractivity contribution is -0.141. The van der Waals surface area contributed by atoms with Crippen LogP contribution in [0.2, 0.25) is 0 Å². The van der Waals surface area contributed by atoms with Crippen LogP contribution in [-0.4, -0.2) is 28.8 Å². The van der Waals surface area contributed by atoms with Gasteiger partial charge in [0.2, 0.25) is 11.8 Å². The summed E-state index contributed by atoms with van der Waals surface area (Å²) in [7, 11) is 0. The topological polar surface area (TPSA) is 49.4 Å². The smallest absolute Gasteiger partial charge is 0.243 e. The van der Waals surface area contributed by atoms with E-state index in [-0.39, 0.29) is 17.9 Å². The van der Waals surface area contributed by atoms with Crippen molar-refractivity contribution in [2.24, 2.45) is 0 Å². The number of carbonyl (C=O) groups is 2. The average Bonchev–Trinajstić information content (AvgIpc) is 2.65. The standard InChI is InChI=1S/C23H30N2O2/c1-5-22(26)25(16-20-14-10-9-11-18(20)4)21(23(27)24-17(2)3)15-19-12-7-6-8-13-19/h6-14,17,21H,5,15-16H2,1-4H3,(H,24,27)/t21-/m1/s1. The fourth-order valence-corrected chi connectivity index (χ4v) is 3.11. The van der Waals surface area contributed by atoms with Crippen LogP contribution in [-0.2, 0) is 22.6 Å². The van der Waals surface area contributed by atoms with E-state index in [1.807, 2.05) is 82.3 Å². The van der Waals surface area contributed by atoms with Crippen LogP contribution >= 0.6 is 0 Å². The minimum absolute atomic E-state index is 0.0157. The molecule has 0 saturated carbocycles. The summed E-state index contributed by atoms with van der Waals surface area (Å²) in [6.07, 6.45) is 0.864. The van der Waals surface area contributed by atoms with Gasteiger partial charge in [0.15, 0.2) is 0 Å². The molecular weight excluding hydrogens is 336 g/mol. The minimum Gasteiger partial charge on any atom is -0.352 e. The molecule has 0 saturated heterocycles. The first-order valence-corrected chi connectivity index (χ1v) is 9.60. The van der Waals surface area contributed by atoms with Crippen LogP contribution in [0.5, 0.6) is 0 Å². The van der Waals surface area contributed by atoms with Gasteiger partial charge in [0, 0.05) is 25.4 Å². The molecule has 0 aliphatic rings. The molecule has 0 radical (unpaired) electrons. The van der Waals surface area contributed by atoms with Crippen molar-refractivity contribution < 1.29 is 9.59 Å². The fraction of sp³-hybridized carbons (Fsp3) is 0.391. The minimum atomic E-state index is -0.540. The molecule has 144 valence electrons. The van der Waals surface area contributed by atoms with Crippen molar-refractivity contribution in [3.8, 4) is 0 Å². The van der Waals surface area contributed by atoms with Crippen LogP contribution in [0.25, 0.3) is 0 Å². The number of aryl methyl sites for hydroxylation is 1. The summed E-state index contributed by atoms with van der Waals surface area (Å²) in [5.41, 5.74) is 3.23. The van der Waals surface area contributed by atoms with E-state index >= 15 is 0 Å². The third kappa shape index (κ3) is 5.95. The van der Waals surface area contributed by atoms with Crippen molar-refractivity contribution in [2.45, 2.75) is 59.2 Å². The van der Waals surface area contributed by atoms with Crippen molar-refractivity contribution in [3.63, 3.8) is 0 Å². The molecule has 27 heavy (non-hydrogen) atoms. The molecule has 2 aromatic carbocycles. The molecule has 0 heterocycles. The summed E-state index contributed by atoms with van der Waals surface area (Å²) in [6.45, 7) is 8.18. The first kappa shape index (κ1) is 20.7. The lowest BCUT2D eigenvalue weighted by Crippen LogP contribution is -2.51. The Bertz CT molecular complexity index is 756. The molecule has 0 unspecified atom stereocenters. The Morgan fingerprint density at radius 1 is 1.00 bits per heavy atom. The number of carbonyl (C=O) groups excluding carboxylic acids is 2. The zero-order valence-electron chi connectivity index (χ0n) is 16.7. The Labute approximate surface area is 162 Å². The van der Waals surface area contributed by atoms with Crippen LogP contribution in [0.1, 0.15) is 43.9 Å². The van der Waals surface area contributed by atoms with E-state index in [4.69, 9.17) is 0 Å². The normalized spacial score (nSPS) is 11.9. The molecule has 0 spiro atoms. The molecule has 0 bridgehead atoms. The summed E-state index contributed by atoms with van der Waals surface area (Å²) in [5.74, 6) is -0.123. The van der Waals surface area contributed by atoms with Gasteiger partial charge in [-0.2, -0.15) is 0 Å². The van der Waals surface area contributed by atoms with Gasteiger partial charge in [0.1, 0.15) is 6.04 Å². The Hall–Kier alpha value is -2.62. The molecule has 2 amide bonds. The van der Waals surface area contributed by atoms with Crippen molar-refractivity contribution in [1.29, 1.82) is 0 Å². The van der Waals surface area contributed by atoms with Gasteiger partial charge in [-0.1, -0.05) is 61.5 Å². The second-order valence-corrected chi connectivity index (χ2v) is 7.17. The molecular formula is C23H30N2O2. The van der Waals surface area contributed by atoms with Crippen LogP contribution in [0, 0.1) is 6.92 Å². The summed E-state index contributed by atoms with van der Waals surface area (Å²) < 4.78 is 0. The maximum Gasteiger partial charge on any atom is 0.243 e. The van der Waals surface area contributed by atoms with E-state index in [0.717, 1.165) is 16.7 Å². The van der Waals surface area contributed by atoms with Gasteiger partial charge in [-0.3, -0.25) is 9.59 Å². The molecule has 4 heteroatoms. The molecule has 0 aliphatic heterocycles. The summed E-state index contributed by atoms with van der Waals surface area (Å²) >= 11 is 0. The van der Waals surface area contributed by atoms with E-state index in [2.05, 4.69) is 5.32 Å². The van der Waals surface area contributed by atoms with Crippen LogP contribution < -0.4 is 5.32 Å². The van der Waals surface area contributed by atoms with Crippen molar-refractivity contribution in [2.75, 3.05) is 0 Å². The van der Waals surface area contributed by atoms with Crippen molar-refractivity contribution >= 4 is 11.8 Å². The predicted molar refractivity (Wildman–Crippen MR) is 109 cm³/mol. The predicted octanol–water partition coefficient (Wildman–Crippen LogP) is 3.87. The van der Waals surface area contributed by atoms with Gasteiger partial charge in [-0.15, -0.1) is 0 Å². The highest BCUT2D eigenvalue weighted by Crippen LogP contribution is 2.17. The SMILES string of the molecule is CCC(=O)N(Cc1ccccc1C)[C@H](Cc1ccccc1)C(=O)NC(C)C. The lowest BCUT2D eigenvalue weighted by atomic mass is 10.0. The van der Waals surface area contributed by atoms with E-state index < -0.39 is 6.04 Å². The maximum atomic E-state index is 13.0. The van der Waals surface area contributed by atoms with Gasteiger partial charge in [0.25, 0.3) is 0 Å². The van der Waals surface area contributed by atoms with Gasteiger partial charge >= 0.3 is 0 Å². The first-order chi connectivity index (χ1) is 12.9.